The standard InChI is InChI=1S/C14H20N2S/c1-4-7-10(2)15-11(3)14-16-12-8-5-6-9-13(12)17-14/h5-6,8-11,15H,4,7H2,1-3H3. The Morgan fingerprint density at radius 2 is 2.06 bits per heavy atom. The molecule has 92 valence electrons. The summed E-state index contributed by atoms with van der Waals surface area (Å²) in [5.74, 6) is 0. The van der Waals surface area contributed by atoms with Gasteiger partial charge >= 0.3 is 0 Å². The molecule has 0 aliphatic rings. The number of fused-ring (bicyclic) bond motifs is 1. The molecular formula is C14H20N2S. The van der Waals surface area contributed by atoms with Gasteiger partial charge in [0.2, 0.25) is 0 Å². The molecule has 2 unspecified atom stereocenters. The van der Waals surface area contributed by atoms with E-state index in [1.54, 1.807) is 11.3 Å². The lowest BCUT2D eigenvalue weighted by Crippen LogP contribution is -2.28. The molecule has 0 spiro atoms. The summed E-state index contributed by atoms with van der Waals surface area (Å²) >= 11 is 1.79. The van der Waals surface area contributed by atoms with Crippen molar-refractivity contribution in [3.63, 3.8) is 0 Å². The molecule has 0 amide bonds. The molecule has 0 saturated carbocycles. The lowest BCUT2D eigenvalue weighted by Gasteiger charge is -2.17. The van der Waals surface area contributed by atoms with E-state index in [9.17, 15) is 0 Å². The number of benzene rings is 1. The van der Waals surface area contributed by atoms with Crippen LogP contribution >= 0.6 is 11.3 Å². The number of nitrogens with one attached hydrogen (secondary N) is 1. The maximum atomic E-state index is 4.68. The number of hydrogen-bond donors (Lipinski definition) is 1. The zero-order valence-electron chi connectivity index (χ0n) is 10.7. The highest BCUT2D eigenvalue weighted by Crippen LogP contribution is 2.26. The van der Waals surface area contributed by atoms with Crippen molar-refractivity contribution in [2.24, 2.45) is 0 Å². The summed E-state index contributed by atoms with van der Waals surface area (Å²) in [6, 6.07) is 9.23. The summed E-state index contributed by atoms with van der Waals surface area (Å²) in [6.45, 7) is 6.66. The second-order valence-corrected chi connectivity index (χ2v) is 5.66. The zero-order valence-corrected chi connectivity index (χ0v) is 11.6. The van der Waals surface area contributed by atoms with Crippen LogP contribution in [0, 0.1) is 0 Å². The van der Waals surface area contributed by atoms with Gasteiger partial charge in [-0.25, -0.2) is 4.98 Å². The van der Waals surface area contributed by atoms with Crippen molar-refractivity contribution in [1.29, 1.82) is 0 Å². The lowest BCUT2D eigenvalue weighted by atomic mass is 10.2. The summed E-state index contributed by atoms with van der Waals surface area (Å²) in [5.41, 5.74) is 1.12. The second kappa shape index (κ2) is 5.61. The monoisotopic (exact) mass is 248 g/mol. The third-order valence-corrected chi connectivity index (χ3v) is 4.16. The van der Waals surface area contributed by atoms with Crippen LogP contribution in [-0.4, -0.2) is 11.0 Å². The molecule has 0 aliphatic heterocycles. The molecule has 2 aromatic rings. The van der Waals surface area contributed by atoms with Crippen LogP contribution in [0.15, 0.2) is 24.3 Å². The van der Waals surface area contributed by atoms with E-state index >= 15 is 0 Å². The largest absolute Gasteiger partial charge is 0.306 e. The van der Waals surface area contributed by atoms with E-state index in [4.69, 9.17) is 0 Å². The van der Waals surface area contributed by atoms with Crippen molar-refractivity contribution in [1.82, 2.24) is 10.3 Å². The topological polar surface area (TPSA) is 24.9 Å². The fraction of sp³-hybridized carbons (Fsp3) is 0.500. The van der Waals surface area contributed by atoms with Crippen molar-refractivity contribution in [3.05, 3.63) is 29.3 Å². The highest BCUT2D eigenvalue weighted by atomic mass is 32.1. The Balaban J connectivity index is 2.10. The van der Waals surface area contributed by atoms with Crippen LogP contribution in [0.3, 0.4) is 0 Å². The fourth-order valence-corrected chi connectivity index (χ4v) is 3.07. The molecule has 2 atom stereocenters. The number of thiazole rings is 1. The van der Waals surface area contributed by atoms with E-state index in [1.807, 2.05) is 6.07 Å². The zero-order chi connectivity index (χ0) is 12.3. The highest BCUT2D eigenvalue weighted by Gasteiger charge is 2.13. The van der Waals surface area contributed by atoms with E-state index in [0.717, 1.165) is 5.52 Å². The van der Waals surface area contributed by atoms with Gasteiger partial charge < -0.3 is 5.32 Å². The lowest BCUT2D eigenvalue weighted by molar-refractivity contribution is 0.452. The van der Waals surface area contributed by atoms with Gasteiger partial charge in [-0.2, -0.15) is 0 Å². The predicted molar refractivity (Wildman–Crippen MR) is 75.5 cm³/mol. The molecule has 1 aromatic carbocycles. The van der Waals surface area contributed by atoms with E-state index in [0.29, 0.717) is 12.1 Å². The molecule has 3 heteroatoms. The Bertz CT molecular complexity index is 445. The maximum Gasteiger partial charge on any atom is 0.111 e. The summed E-state index contributed by atoms with van der Waals surface area (Å²) in [4.78, 5) is 4.68. The Hall–Kier alpha value is -0.930. The van der Waals surface area contributed by atoms with Gasteiger partial charge in [-0.3, -0.25) is 0 Å². The normalized spacial score (nSPS) is 15.0. The Morgan fingerprint density at radius 3 is 2.76 bits per heavy atom. The second-order valence-electron chi connectivity index (χ2n) is 4.60. The van der Waals surface area contributed by atoms with Gasteiger partial charge in [0.05, 0.1) is 16.3 Å². The maximum absolute atomic E-state index is 4.68. The first kappa shape index (κ1) is 12.5. The van der Waals surface area contributed by atoms with E-state index in [-0.39, 0.29) is 0 Å². The van der Waals surface area contributed by atoms with Crippen molar-refractivity contribution in [3.8, 4) is 0 Å². The Labute approximate surface area is 107 Å². The number of nitrogens with zero attached hydrogens (tertiary/aromatic N) is 1. The van der Waals surface area contributed by atoms with Gasteiger partial charge in [-0.1, -0.05) is 25.5 Å². The van der Waals surface area contributed by atoms with Gasteiger partial charge in [0.15, 0.2) is 0 Å². The Kier molecular flexibility index (Phi) is 4.13. The van der Waals surface area contributed by atoms with Crippen LogP contribution < -0.4 is 5.32 Å². The minimum Gasteiger partial charge on any atom is -0.306 e. The molecule has 0 aliphatic carbocycles. The SMILES string of the molecule is CCCC(C)NC(C)c1nc2ccccc2s1. The summed E-state index contributed by atoms with van der Waals surface area (Å²) < 4.78 is 1.28. The van der Waals surface area contributed by atoms with Crippen LogP contribution in [-0.2, 0) is 0 Å². The third-order valence-electron chi connectivity index (χ3n) is 2.94. The molecule has 1 aromatic heterocycles. The molecule has 2 nitrogen and oxygen atoms in total. The van der Waals surface area contributed by atoms with Crippen molar-refractivity contribution >= 4 is 21.6 Å². The van der Waals surface area contributed by atoms with Crippen molar-refractivity contribution < 1.29 is 0 Å². The third kappa shape index (κ3) is 3.05. The predicted octanol–water partition coefficient (Wildman–Crippen LogP) is 4.14. The summed E-state index contributed by atoms with van der Waals surface area (Å²) in [6.07, 6.45) is 2.44. The average Bonchev–Trinajstić information content (AvgIpc) is 2.72. The Morgan fingerprint density at radius 1 is 1.29 bits per heavy atom. The molecule has 0 bridgehead atoms. The number of rotatable bonds is 5. The van der Waals surface area contributed by atoms with Crippen LogP contribution in [0.1, 0.15) is 44.7 Å². The minimum absolute atomic E-state index is 0.342. The highest BCUT2D eigenvalue weighted by molar-refractivity contribution is 7.18. The van der Waals surface area contributed by atoms with Crippen molar-refractivity contribution in [2.75, 3.05) is 0 Å². The molecule has 0 fully saturated rings. The molecule has 0 radical (unpaired) electrons. The number of aromatic nitrogens is 1. The van der Waals surface area contributed by atoms with Gasteiger partial charge in [-0.15, -0.1) is 11.3 Å². The van der Waals surface area contributed by atoms with E-state index in [1.165, 1.54) is 22.5 Å². The first-order chi connectivity index (χ1) is 8.20. The van der Waals surface area contributed by atoms with Crippen LogP contribution in [0.2, 0.25) is 0 Å². The van der Waals surface area contributed by atoms with E-state index in [2.05, 4.69) is 49.3 Å². The number of para-hydroxylation sites is 1. The average molecular weight is 248 g/mol. The first-order valence-electron chi connectivity index (χ1n) is 6.32. The van der Waals surface area contributed by atoms with Gasteiger partial charge in [-0.05, 0) is 32.4 Å². The quantitative estimate of drug-likeness (QED) is 0.860. The molecule has 0 saturated heterocycles. The van der Waals surface area contributed by atoms with Crippen molar-refractivity contribution in [2.45, 2.75) is 45.7 Å². The molecule has 2 rings (SSSR count). The van der Waals surface area contributed by atoms with Gasteiger partial charge in [0.1, 0.15) is 5.01 Å². The fourth-order valence-electron chi connectivity index (χ4n) is 2.09. The summed E-state index contributed by atoms with van der Waals surface area (Å²) in [5, 5.41) is 4.79. The smallest absolute Gasteiger partial charge is 0.111 e. The molecule has 1 N–H and O–H groups in total. The van der Waals surface area contributed by atoms with Crippen LogP contribution in [0.25, 0.3) is 10.2 Å². The van der Waals surface area contributed by atoms with Gasteiger partial charge in [0.25, 0.3) is 0 Å². The molecule has 1 heterocycles. The summed E-state index contributed by atoms with van der Waals surface area (Å²) in [7, 11) is 0. The van der Waals surface area contributed by atoms with E-state index < -0.39 is 0 Å². The van der Waals surface area contributed by atoms with Gasteiger partial charge in [0, 0.05) is 6.04 Å². The number of hydrogen-bond acceptors (Lipinski definition) is 3. The first-order valence-corrected chi connectivity index (χ1v) is 7.14. The molecule has 17 heavy (non-hydrogen) atoms. The molecular weight excluding hydrogens is 228 g/mol. The van der Waals surface area contributed by atoms with Crippen LogP contribution in [0.5, 0.6) is 0 Å². The minimum atomic E-state index is 0.342. The van der Waals surface area contributed by atoms with Crippen LogP contribution in [0.4, 0.5) is 0 Å².